The van der Waals surface area contributed by atoms with E-state index in [9.17, 15) is 14.3 Å². The molecule has 2 aromatic rings. The molecule has 1 aromatic carbocycles. The number of aliphatic carboxylic acids is 1. The highest BCUT2D eigenvalue weighted by molar-refractivity contribution is 5.70. The van der Waals surface area contributed by atoms with Crippen LogP contribution in [0.3, 0.4) is 0 Å². The first-order valence-electron chi connectivity index (χ1n) is 5.86. The molecule has 0 saturated heterocycles. The number of carboxylic acids is 1. The largest absolute Gasteiger partial charge is 0.481 e. The third-order valence-corrected chi connectivity index (χ3v) is 2.95. The molecule has 1 heterocycles. The van der Waals surface area contributed by atoms with Crippen LogP contribution in [-0.2, 0) is 24.7 Å². The van der Waals surface area contributed by atoms with E-state index in [1.54, 1.807) is 23.9 Å². The number of nitrogens with zero attached hydrogens (tertiary/aromatic N) is 3. The smallest absolute Gasteiger partial charge is 0.307 e. The summed E-state index contributed by atoms with van der Waals surface area (Å²) in [5.41, 5.74) is 0.662. The van der Waals surface area contributed by atoms with Crippen LogP contribution in [0, 0.1) is 11.7 Å². The van der Waals surface area contributed by atoms with E-state index in [1.807, 2.05) is 0 Å². The normalized spacial score (nSPS) is 12.3. The average molecular weight is 263 g/mol. The van der Waals surface area contributed by atoms with E-state index in [4.69, 9.17) is 0 Å². The molecule has 0 spiro atoms. The number of aryl methyl sites for hydroxylation is 1. The molecule has 2 rings (SSSR count). The molecule has 0 fully saturated rings. The van der Waals surface area contributed by atoms with Gasteiger partial charge in [0.1, 0.15) is 18.0 Å². The van der Waals surface area contributed by atoms with Gasteiger partial charge in [-0.25, -0.2) is 9.37 Å². The molecule has 0 aliphatic carbocycles. The molecule has 100 valence electrons. The summed E-state index contributed by atoms with van der Waals surface area (Å²) in [6.07, 6.45) is 1.92. The number of aromatic nitrogens is 3. The number of halogens is 1. The Morgan fingerprint density at radius 2 is 2.26 bits per heavy atom. The van der Waals surface area contributed by atoms with Gasteiger partial charge in [-0.3, -0.25) is 9.48 Å². The lowest BCUT2D eigenvalue weighted by Crippen LogP contribution is -2.21. The van der Waals surface area contributed by atoms with Gasteiger partial charge in [-0.05, 0) is 24.1 Å². The summed E-state index contributed by atoms with van der Waals surface area (Å²) in [6, 6.07) is 5.98. The van der Waals surface area contributed by atoms with Gasteiger partial charge in [0.25, 0.3) is 0 Å². The van der Waals surface area contributed by atoms with E-state index in [2.05, 4.69) is 10.1 Å². The average Bonchev–Trinajstić information content (AvgIpc) is 2.74. The predicted molar refractivity (Wildman–Crippen MR) is 65.9 cm³/mol. The third-order valence-electron chi connectivity index (χ3n) is 2.95. The van der Waals surface area contributed by atoms with E-state index in [0.717, 1.165) is 0 Å². The fourth-order valence-electron chi connectivity index (χ4n) is 1.92. The van der Waals surface area contributed by atoms with Crippen molar-refractivity contribution in [2.75, 3.05) is 0 Å². The van der Waals surface area contributed by atoms with E-state index in [-0.39, 0.29) is 18.7 Å². The Bertz CT molecular complexity index is 583. The van der Waals surface area contributed by atoms with Gasteiger partial charge < -0.3 is 5.11 Å². The highest BCUT2D eigenvalue weighted by Gasteiger charge is 2.21. The lowest BCUT2D eigenvalue weighted by molar-refractivity contribution is -0.141. The fourth-order valence-corrected chi connectivity index (χ4v) is 1.92. The van der Waals surface area contributed by atoms with Crippen molar-refractivity contribution in [3.05, 3.63) is 47.8 Å². The molecule has 5 nitrogen and oxygen atoms in total. The summed E-state index contributed by atoms with van der Waals surface area (Å²) < 4.78 is 14.6. The second kappa shape index (κ2) is 5.60. The number of benzene rings is 1. The van der Waals surface area contributed by atoms with Crippen LogP contribution >= 0.6 is 0 Å². The van der Waals surface area contributed by atoms with E-state index < -0.39 is 11.9 Å². The van der Waals surface area contributed by atoms with Crippen LogP contribution in [0.15, 0.2) is 30.6 Å². The molecule has 1 N–H and O–H groups in total. The fraction of sp³-hybridized carbons (Fsp3) is 0.308. The molecular weight excluding hydrogens is 249 g/mol. The topological polar surface area (TPSA) is 68.0 Å². The standard InChI is InChI=1S/C13H14FN3O2/c1-17-12(15-8-16-17)7-10(13(18)19)5-9-3-2-4-11(14)6-9/h2-4,6,8,10H,5,7H2,1H3,(H,18,19). The summed E-state index contributed by atoms with van der Waals surface area (Å²) in [5, 5.41) is 13.1. The number of carboxylic acid groups (broad SMARTS) is 1. The Hall–Kier alpha value is -2.24. The van der Waals surface area contributed by atoms with Gasteiger partial charge in [-0.15, -0.1) is 0 Å². The summed E-state index contributed by atoms with van der Waals surface area (Å²) >= 11 is 0. The number of hydrogen-bond donors (Lipinski definition) is 1. The van der Waals surface area contributed by atoms with Crippen molar-refractivity contribution < 1.29 is 14.3 Å². The van der Waals surface area contributed by atoms with Crippen molar-refractivity contribution in [2.45, 2.75) is 12.8 Å². The van der Waals surface area contributed by atoms with Crippen LogP contribution in [0.4, 0.5) is 4.39 Å². The Balaban J connectivity index is 2.13. The number of hydrogen-bond acceptors (Lipinski definition) is 3. The minimum Gasteiger partial charge on any atom is -0.481 e. The van der Waals surface area contributed by atoms with Crippen LogP contribution in [0.2, 0.25) is 0 Å². The highest BCUT2D eigenvalue weighted by Crippen LogP contribution is 2.14. The van der Waals surface area contributed by atoms with Gasteiger partial charge in [-0.1, -0.05) is 12.1 Å². The zero-order valence-corrected chi connectivity index (χ0v) is 10.5. The number of rotatable bonds is 5. The highest BCUT2D eigenvalue weighted by atomic mass is 19.1. The summed E-state index contributed by atoms with van der Waals surface area (Å²) in [7, 11) is 1.71. The van der Waals surface area contributed by atoms with Crippen molar-refractivity contribution in [1.82, 2.24) is 14.8 Å². The maximum absolute atomic E-state index is 13.1. The molecule has 0 aliphatic heterocycles. The Kier molecular flexibility index (Phi) is 3.89. The van der Waals surface area contributed by atoms with Crippen LogP contribution < -0.4 is 0 Å². The predicted octanol–water partition coefficient (Wildman–Crippen LogP) is 1.44. The van der Waals surface area contributed by atoms with Crippen LogP contribution in [-0.4, -0.2) is 25.8 Å². The van der Waals surface area contributed by atoms with Gasteiger partial charge in [0.15, 0.2) is 0 Å². The van der Waals surface area contributed by atoms with Crippen LogP contribution in [0.5, 0.6) is 0 Å². The molecule has 1 atom stereocenters. The van der Waals surface area contributed by atoms with Crippen molar-refractivity contribution in [3.8, 4) is 0 Å². The zero-order chi connectivity index (χ0) is 13.8. The first-order valence-corrected chi connectivity index (χ1v) is 5.86. The molecular formula is C13H14FN3O2. The van der Waals surface area contributed by atoms with Gasteiger partial charge in [0.05, 0.1) is 5.92 Å². The van der Waals surface area contributed by atoms with Gasteiger partial charge in [0.2, 0.25) is 0 Å². The van der Waals surface area contributed by atoms with E-state index >= 15 is 0 Å². The van der Waals surface area contributed by atoms with Crippen molar-refractivity contribution in [3.63, 3.8) is 0 Å². The Morgan fingerprint density at radius 3 is 2.84 bits per heavy atom. The zero-order valence-electron chi connectivity index (χ0n) is 10.5. The molecule has 0 aliphatic rings. The van der Waals surface area contributed by atoms with E-state index in [0.29, 0.717) is 11.4 Å². The maximum Gasteiger partial charge on any atom is 0.307 e. The maximum atomic E-state index is 13.1. The molecule has 6 heteroatoms. The summed E-state index contributed by atoms with van der Waals surface area (Å²) in [6.45, 7) is 0. The van der Waals surface area contributed by atoms with Crippen molar-refractivity contribution in [1.29, 1.82) is 0 Å². The molecule has 19 heavy (non-hydrogen) atoms. The van der Waals surface area contributed by atoms with Gasteiger partial charge in [-0.2, -0.15) is 5.10 Å². The Labute approximate surface area is 109 Å². The van der Waals surface area contributed by atoms with Gasteiger partial charge in [0, 0.05) is 13.5 Å². The van der Waals surface area contributed by atoms with E-state index in [1.165, 1.54) is 18.5 Å². The monoisotopic (exact) mass is 263 g/mol. The minimum absolute atomic E-state index is 0.264. The molecule has 1 unspecified atom stereocenters. The molecule has 0 amide bonds. The molecule has 0 saturated carbocycles. The molecule has 0 bridgehead atoms. The van der Waals surface area contributed by atoms with Crippen LogP contribution in [0.25, 0.3) is 0 Å². The second-order valence-electron chi connectivity index (χ2n) is 4.37. The van der Waals surface area contributed by atoms with Crippen molar-refractivity contribution in [2.24, 2.45) is 13.0 Å². The summed E-state index contributed by atoms with van der Waals surface area (Å²) in [4.78, 5) is 15.3. The lowest BCUT2D eigenvalue weighted by atomic mass is 9.96. The molecule has 0 radical (unpaired) electrons. The lowest BCUT2D eigenvalue weighted by Gasteiger charge is -2.11. The minimum atomic E-state index is -0.924. The number of carbonyl (C=O) groups is 1. The van der Waals surface area contributed by atoms with Crippen LogP contribution in [0.1, 0.15) is 11.4 Å². The summed E-state index contributed by atoms with van der Waals surface area (Å²) in [5.74, 6) is -1.33. The molecule has 1 aromatic heterocycles. The first kappa shape index (κ1) is 13.2. The third kappa shape index (κ3) is 3.37. The van der Waals surface area contributed by atoms with Crippen molar-refractivity contribution >= 4 is 5.97 Å². The Morgan fingerprint density at radius 1 is 1.47 bits per heavy atom. The first-order chi connectivity index (χ1) is 9.06. The van der Waals surface area contributed by atoms with Gasteiger partial charge >= 0.3 is 5.97 Å². The SMILES string of the molecule is Cn1ncnc1CC(Cc1cccc(F)c1)C(=O)O. The second-order valence-corrected chi connectivity index (χ2v) is 4.37. The quantitative estimate of drug-likeness (QED) is 0.886.